The van der Waals surface area contributed by atoms with Crippen molar-refractivity contribution in [2.45, 2.75) is 10.9 Å². The highest BCUT2D eigenvalue weighted by Gasteiger charge is 2.39. The number of carbonyl (C=O) groups is 1. The Morgan fingerprint density at radius 1 is 1.10 bits per heavy atom. The Kier molecular flexibility index (Phi) is 7.87. The minimum absolute atomic E-state index is 0. The van der Waals surface area contributed by atoms with Crippen molar-refractivity contribution in [1.29, 1.82) is 0 Å². The van der Waals surface area contributed by atoms with Gasteiger partial charge in [-0.25, -0.2) is 13.9 Å². The van der Waals surface area contributed by atoms with Gasteiger partial charge in [-0.2, -0.15) is 4.31 Å². The van der Waals surface area contributed by atoms with Gasteiger partial charge >= 0.3 is 0 Å². The fraction of sp³-hybridized carbons (Fsp3) is 0.278. The Hall–Kier alpha value is -1.88. The zero-order valence-corrected chi connectivity index (χ0v) is 17.9. The molecule has 2 N–H and O–H groups in total. The normalized spacial score (nSPS) is 18.0. The first-order valence-corrected chi connectivity index (χ1v) is 10.3. The van der Waals surface area contributed by atoms with Crippen LogP contribution in [0.5, 0.6) is 11.5 Å². The molecule has 3 rings (SSSR count). The van der Waals surface area contributed by atoms with Gasteiger partial charge in [0.05, 0.1) is 4.90 Å². The van der Waals surface area contributed by atoms with Gasteiger partial charge in [0.1, 0.15) is 17.5 Å². The Morgan fingerprint density at radius 2 is 1.66 bits per heavy atom. The van der Waals surface area contributed by atoms with E-state index in [0.717, 1.165) is 4.31 Å². The molecule has 2 aromatic rings. The first kappa shape index (κ1) is 23.4. The first-order chi connectivity index (χ1) is 13.3. The van der Waals surface area contributed by atoms with Crippen molar-refractivity contribution in [3.8, 4) is 11.5 Å². The standard InChI is InChI=1S/C18H20ClN3O5S.ClH/c1-21-10-11-22(17(12-21)18(23)20-24)28(25,26)16-8-6-15(7-9-16)27-14-4-2-13(19)3-5-14;/h2-9,17,24H,10-12H2,1H3,(H,20,23);1H/t17-;/m1./s1. The number of likely N-dealkylation sites (N-methyl/N-ethyl adjacent to an activating group) is 1. The van der Waals surface area contributed by atoms with E-state index in [4.69, 9.17) is 21.5 Å². The van der Waals surface area contributed by atoms with Crippen molar-refractivity contribution in [2.75, 3.05) is 26.7 Å². The predicted molar refractivity (Wildman–Crippen MR) is 110 cm³/mol. The molecular formula is C18H21Cl2N3O5S. The molecule has 0 radical (unpaired) electrons. The van der Waals surface area contributed by atoms with Crippen LogP contribution in [-0.2, 0) is 14.8 Å². The maximum Gasteiger partial charge on any atom is 0.263 e. The molecule has 2 aromatic carbocycles. The number of amides is 1. The summed E-state index contributed by atoms with van der Waals surface area (Å²) in [5.74, 6) is 0.265. The number of hydroxylamine groups is 1. The lowest BCUT2D eigenvalue weighted by molar-refractivity contribution is -0.134. The molecule has 1 saturated heterocycles. The van der Waals surface area contributed by atoms with Crippen molar-refractivity contribution >= 4 is 39.9 Å². The summed E-state index contributed by atoms with van der Waals surface area (Å²) in [6, 6.07) is 11.7. The molecule has 1 aliphatic rings. The quantitative estimate of drug-likeness (QED) is 0.523. The Balaban J connectivity index is 0.00000300. The van der Waals surface area contributed by atoms with E-state index in [0.29, 0.717) is 23.1 Å². The third-order valence-corrected chi connectivity index (χ3v) is 6.60. The van der Waals surface area contributed by atoms with Gasteiger partial charge < -0.3 is 9.64 Å². The molecule has 1 amide bonds. The van der Waals surface area contributed by atoms with Crippen molar-refractivity contribution < 1.29 is 23.2 Å². The molecule has 1 fully saturated rings. The average Bonchev–Trinajstić information content (AvgIpc) is 2.69. The number of nitrogens with zero attached hydrogens (tertiary/aromatic N) is 2. The zero-order valence-electron chi connectivity index (χ0n) is 15.5. The van der Waals surface area contributed by atoms with Gasteiger partial charge in [-0.15, -0.1) is 12.4 Å². The molecule has 11 heteroatoms. The Bertz CT molecular complexity index is 939. The van der Waals surface area contributed by atoms with Gasteiger partial charge in [0, 0.05) is 24.7 Å². The molecule has 0 aliphatic carbocycles. The van der Waals surface area contributed by atoms with Crippen molar-refractivity contribution in [1.82, 2.24) is 14.7 Å². The highest BCUT2D eigenvalue weighted by Crippen LogP contribution is 2.26. The molecule has 1 heterocycles. The average molecular weight is 462 g/mol. The summed E-state index contributed by atoms with van der Waals surface area (Å²) in [5.41, 5.74) is 1.55. The van der Waals surface area contributed by atoms with Crippen LogP contribution in [-0.4, -0.2) is 61.5 Å². The number of carbonyl (C=O) groups excluding carboxylic acids is 1. The van der Waals surface area contributed by atoms with Crippen LogP contribution >= 0.6 is 24.0 Å². The first-order valence-electron chi connectivity index (χ1n) is 8.49. The van der Waals surface area contributed by atoms with E-state index in [1.54, 1.807) is 48.9 Å². The number of benzene rings is 2. The van der Waals surface area contributed by atoms with E-state index < -0.39 is 22.0 Å². The van der Waals surface area contributed by atoms with E-state index in [9.17, 15) is 13.2 Å². The van der Waals surface area contributed by atoms with Crippen LogP contribution in [0.15, 0.2) is 53.4 Å². The fourth-order valence-electron chi connectivity index (χ4n) is 2.93. The summed E-state index contributed by atoms with van der Waals surface area (Å²) in [4.78, 5) is 13.8. The molecule has 0 unspecified atom stereocenters. The van der Waals surface area contributed by atoms with Gasteiger partial charge in [0.25, 0.3) is 5.91 Å². The van der Waals surface area contributed by atoms with E-state index in [1.165, 1.54) is 12.1 Å². The van der Waals surface area contributed by atoms with E-state index in [2.05, 4.69) is 0 Å². The highest BCUT2D eigenvalue weighted by atomic mass is 35.5. The summed E-state index contributed by atoms with van der Waals surface area (Å²) in [5, 5.41) is 9.54. The lowest BCUT2D eigenvalue weighted by Gasteiger charge is -2.37. The molecule has 0 saturated carbocycles. The smallest absolute Gasteiger partial charge is 0.263 e. The second-order valence-corrected chi connectivity index (χ2v) is 8.72. The zero-order chi connectivity index (χ0) is 20.3. The molecule has 1 atom stereocenters. The summed E-state index contributed by atoms with van der Waals surface area (Å²) in [7, 11) is -2.14. The van der Waals surface area contributed by atoms with Crippen LogP contribution in [0.1, 0.15) is 0 Å². The molecule has 0 spiro atoms. The van der Waals surface area contributed by atoms with Gasteiger partial charge in [-0.05, 0) is 55.6 Å². The van der Waals surface area contributed by atoms with E-state index in [1.807, 2.05) is 4.90 Å². The van der Waals surface area contributed by atoms with E-state index >= 15 is 0 Å². The van der Waals surface area contributed by atoms with Crippen LogP contribution in [0.3, 0.4) is 0 Å². The molecule has 8 nitrogen and oxygen atoms in total. The molecule has 158 valence electrons. The van der Waals surface area contributed by atoms with Crippen LogP contribution in [0.2, 0.25) is 5.02 Å². The number of halogens is 2. The molecule has 29 heavy (non-hydrogen) atoms. The molecule has 1 aliphatic heterocycles. The minimum atomic E-state index is -3.92. The largest absolute Gasteiger partial charge is 0.457 e. The van der Waals surface area contributed by atoms with Gasteiger partial charge in [-0.1, -0.05) is 11.6 Å². The summed E-state index contributed by atoms with van der Waals surface area (Å²) in [6.45, 7) is 0.801. The minimum Gasteiger partial charge on any atom is -0.457 e. The topological polar surface area (TPSA) is 99.2 Å². The maximum atomic E-state index is 13.0. The number of nitrogens with one attached hydrogen (secondary N) is 1. The highest BCUT2D eigenvalue weighted by molar-refractivity contribution is 7.89. The number of sulfonamides is 1. The Morgan fingerprint density at radius 3 is 2.21 bits per heavy atom. The lowest BCUT2D eigenvalue weighted by atomic mass is 10.2. The predicted octanol–water partition coefficient (Wildman–Crippen LogP) is 2.36. The SMILES string of the molecule is CN1CCN(S(=O)(=O)c2ccc(Oc3ccc(Cl)cc3)cc2)[C@@H](C(=O)NO)C1.Cl. The number of piperazine rings is 1. The Labute approximate surface area is 180 Å². The number of ether oxygens (including phenoxy) is 1. The monoisotopic (exact) mass is 461 g/mol. The molecule has 0 aromatic heterocycles. The van der Waals surface area contributed by atoms with Crippen LogP contribution in [0.4, 0.5) is 0 Å². The number of hydrogen-bond donors (Lipinski definition) is 2. The summed E-state index contributed by atoms with van der Waals surface area (Å²) >= 11 is 5.84. The number of rotatable bonds is 5. The second kappa shape index (κ2) is 9.75. The maximum absolute atomic E-state index is 13.0. The van der Waals surface area contributed by atoms with Crippen LogP contribution in [0.25, 0.3) is 0 Å². The van der Waals surface area contributed by atoms with Gasteiger partial charge in [0.2, 0.25) is 10.0 Å². The van der Waals surface area contributed by atoms with Gasteiger partial charge in [-0.3, -0.25) is 10.0 Å². The lowest BCUT2D eigenvalue weighted by Crippen LogP contribution is -2.59. The molecular weight excluding hydrogens is 441 g/mol. The number of hydrogen-bond acceptors (Lipinski definition) is 6. The van der Waals surface area contributed by atoms with Crippen molar-refractivity contribution in [3.05, 3.63) is 53.6 Å². The third kappa shape index (κ3) is 5.39. The molecule has 0 bridgehead atoms. The second-order valence-electron chi connectivity index (χ2n) is 6.40. The van der Waals surface area contributed by atoms with Crippen LogP contribution < -0.4 is 10.2 Å². The van der Waals surface area contributed by atoms with Crippen LogP contribution in [0, 0.1) is 0 Å². The fourth-order valence-corrected chi connectivity index (χ4v) is 4.63. The van der Waals surface area contributed by atoms with E-state index in [-0.39, 0.29) is 30.4 Å². The van der Waals surface area contributed by atoms with Gasteiger partial charge in [0.15, 0.2) is 0 Å². The third-order valence-electron chi connectivity index (χ3n) is 4.43. The summed E-state index contributed by atoms with van der Waals surface area (Å²) < 4.78 is 32.8. The summed E-state index contributed by atoms with van der Waals surface area (Å²) in [6.07, 6.45) is 0. The van der Waals surface area contributed by atoms with Crippen molar-refractivity contribution in [2.24, 2.45) is 0 Å². The van der Waals surface area contributed by atoms with Crippen molar-refractivity contribution in [3.63, 3.8) is 0 Å².